The Morgan fingerprint density at radius 3 is 1.16 bits per heavy atom. The van der Waals surface area contributed by atoms with E-state index in [1.54, 1.807) is 0 Å². The van der Waals surface area contributed by atoms with Crippen LogP contribution < -0.4 is 0 Å². The minimum Gasteiger partial charge on any atom is -0.251 e. The van der Waals surface area contributed by atoms with E-state index in [0.29, 0.717) is 0 Å². The van der Waals surface area contributed by atoms with Gasteiger partial charge in [0, 0.05) is 11.5 Å². The lowest BCUT2D eigenvalue weighted by Crippen LogP contribution is -2.10. The van der Waals surface area contributed by atoms with Crippen molar-refractivity contribution >= 4 is 34.6 Å². The highest BCUT2D eigenvalue weighted by atomic mass is 32.2. The molecule has 0 heterocycles. The Balaban J connectivity index is 1.66. The van der Waals surface area contributed by atoms with Gasteiger partial charge in [0.05, 0.1) is 22.8 Å². The summed E-state index contributed by atoms with van der Waals surface area (Å²) in [7, 11) is 0. The maximum absolute atomic E-state index is 5.22. The summed E-state index contributed by atoms with van der Waals surface area (Å²) in [5, 5.41) is 0. The monoisotopic (exact) mass is 504 g/mol. The van der Waals surface area contributed by atoms with Crippen molar-refractivity contribution in [2.75, 3.05) is 11.5 Å². The third kappa shape index (κ3) is 6.87. The summed E-state index contributed by atoms with van der Waals surface area (Å²) in [6.45, 7) is 12.9. The molecule has 0 bridgehead atoms. The first-order valence-electron chi connectivity index (χ1n) is 12.8. The fourth-order valence-corrected chi connectivity index (χ4v) is 5.78. The lowest BCUT2D eigenvalue weighted by atomic mass is 10.0. The maximum Gasteiger partial charge on any atom is 0.0692 e. The van der Waals surface area contributed by atoms with Crippen molar-refractivity contribution in [1.82, 2.24) is 0 Å². The molecule has 0 aliphatic carbocycles. The molecule has 0 spiro atoms. The van der Waals surface area contributed by atoms with Crippen LogP contribution in [-0.2, 0) is 0 Å². The summed E-state index contributed by atoms with van der Waals surface area (Å²) >= 11 is 1.87. The molecule has 2 nitrogen and oxygen atoms in total. The Morgan fingerprint density at radius 1 is 0.514 bits per heavy atom. The van der Waals surface area contributed by atoms with Crippen molar-refractivity contribution in [2.24, 2.45) is 9.98 Å². The molecule has 3 heteroatoms. The Morgan fingerprint density at radius 2 is 0.838 bits per heavy atom. The van der Waals surface area contributed by atoms with Crippen LogP contribution in [0.15, 0.2) is 94.9 Å². The number of aliphatic imine (C=N–C) groups is 2. The van der Waals surface area contributed by atoms with Crippen molar-refractivity contribution in [1.29, 1.82) is 0 Å². The third-order valence-electron chi connectivity index (χ3n) is 6.46. The number of hydrogen-bond donors (Lipinski definition) is 0. The van der Waals surface area contributed by atoms with Crippen LogP contribution in [0.25, 0.3) is 0 Å². The van der Waals surface area contributed by atoms with Gasteiger partial charge in [-0.25, -0.2) is 0 Å². The molecule has 0 aliphatic rings. The van der Waals surface area contributed by atoms with E-state index >= 15 is 0 Å². The zero-order valence-corrected chi connectivity index (χ0v) is 23.6. The van der Waals surface area contributed by atoms with Crippen LogP contribution in [0.2, 0.25) is 0 Å². The van der Waals surface area contributed by atoms with Crippen LogP contribution in [0.5, 0.6) is 0 Å². The number of aryl methyl sites for hydroxylation is 6. The van der Waals surface area contributed by atoms with Crippen LogP contribution in [-0.4, -0.2) is 22.9 Å². The minimum absolute atomic E-state index is 0.800. The van der Waals surface area contributed by atoms with E-state index in [2.05, 4.69) is 126 Å². The van der Waals surface area contributed by atoms with Gasteiger partial charge in [0.25, 0.3) is 0 Å². The lowest BCUT2D eigenvalue weighted by Gasteiger charge is -2.13. The molecule has 0 N–H and O–H groups in total. The first-order chi connectivity index (χ1) is 17.8. The molecule has 4 aromatic carbocycles. The molecule has 4 rings (SSSR count). The van der Waals surface area contributed by atoms with E-state index in [9.17, 15) is 0 Å². The molecule has 0 radical (unpaired) electrons. The molecule has 0 fully saturated rings. The highest BCUT2D eigenvalue weighted by Crippen LogP contribution is 2.28. The Labute approximate surface area is 226 Å². The van der Waals surface area contributed by atoms with E-state index in [0.717, 1.165) is 45.4 Å². The molecule has 0 aromatic heterocycles. The van der Waals surface area contributed by atoms with E-state index in [1.165, 1.54) is 33.4 Å². The van der Waals surface area contributed by atoms with Crippen LogP contribution >= 0.6 is 11.8 Å². The van der Waals surface area contributed by atoms with E-state index in [-0.39, 0.29) is 0 Å². The van der Waals surface area contributed by atoms with Gasteiger partial charge < -0.3 is 0 Å². The van der Waals surface area contributed by atoms with Gasteiger partial charge in [-0.2, -0.15) is 0 Å². The number of nitrogens with zero attached hydrogens (tertiary/aromatic N) is 2. The molecular formula is C34H36N2S. The molecule has 0 unspecified atom stereocenters. The summed E-state index contributed by atoms with van der Waals surface area (Å²) in [4.78, 5) is 10.4. The van der Waals surface area contributed by atoms with Gasteiger partial charge in [-0.05, 0) is 74.9 Å². The van der Waals surface area contributed by atoms with Gasteiger partial charge in [-0.15, -0.1) is 11.8 Å². The summed E-state index contributed by atoms with van der Waals surface area (Å²) in [6.07, 6.45) is 0. The van der Waals surface area contributed by atoms with E-state index < -0.39 is 0 Å². The second-order valence-electron chi connectivity index (χ2n) is 9.84. The molecule has 4 aromatic rings. The highest BCUT2D eigenvalue weighted by Gasteiger charge is 2.12. The zero-order valence-electron chi connectivity index (χ0n) is 22.8. The average Bonchev–Trinajstić information content (AvgIpc) is 2.87. The minimum atomic E-state index is 0.800. The van der Waals surface area contributed by atoms with Crippen molar-refractivity contribution in [3.05, 3.63) is 129 Å². The Bertz CT molecular complexity index is 1280. The molecule has 0 amide bonds. The van der Waals surface area contributed by atoms with Gasteiger partial charge in [0.2, 0.25) is 0 Å². The Kier molecular flexibility index (Phi) is 8.78. The average molecular weight is 505 g/mol. The van der Waals surface area contributed by atoms with Crippen LogP contribution in [0, 0.1) is 41.5 Å². The largest absolute Gasteiger partial charge is 0.251 e. The topological polar surface area (TPSA) is 24.7 Å². The summed E-state index contributed by atoms with van der Waals surface area (Å²) in [6, 6.07) is 30.0. The van der Waals surface area contributed by atoms with Crippen molar-refractivity contribution in [3.8, 4) is 0 Å². The predicted octanol–water partition coefficient (Wildman–Crippen LogP) is 9.21. The van der Waals surface area contributed by atoms with Crippen LogP contribution in [0.3, 0.4) is 0 Å². The number of thioether (sulfide) groups is 1. The van der Waals surface area contributed by atoms with Crippen molar-refractivity contribution in [3.63, 3.8) is 0 Å². The second kappa shape index (κ2) is 12.2. The lowest BCUT2D eigenvalue weighted by molar-refractivity contribution is 1.28. The zero-order chi connectivity index (χ0) is 26.4. The van der Waals surface area contributed by atoms with Crippen LogP contribution in [0.1, 0.15) is 44.5 Å². The fraction of sp³-hybridized carbons (Fsp3) is 0.235. The maximum atomic E-state index is 5.22. The van der Waals surface area contributed by atoms with Crippen molar-refractivity contribution < 1.29 is 0 Å². The molecule has 0 aliphatic heterocycles. The standard InChI is InChI=1S/C34H36N2S/c1-23-17-25(3)33(26(4)18-23)35-31(29-13-9-7-10-14-29)21-37-22-32(30-15-11-8-12-16-30)36-34-27(5)19-24(2)20-28(34)6/h7-20H,21-22H2,1-6H3. The van der Waals surface area contributed by atoms with E-state index in [1.807, 2.05) is 11.8 Å². The predicted molar refractivity (Wildman–Crippen MR) is 164 cm³/mol. The van der Waals surface area contributed by atoms with E-state index in [4.69, 9.17) is 9.98 Å². The number of rotatable bonds is 8. The van der Waals surface area contributed by atoms with Crippen LogP contribution in [0.4, 0.5) is 11.4 Å². The first-order valence-corrected chi connectivity index (χ1v) is 14.0. The van der Waals surface area contributed by atoms with Gasteiger partial charge >= 0.3 is 0 Å². The van der Waals surface area contributed by atoms with Gasteiger partial charge in [0.15, 0.2) is 0 Å². The summed E-state index contributed by atoms with van der Waals surface area (Å²) in [5.74, 6) is 1.60. The molecular weight excluding hydrogens is 468 g/mol. The smallest absolute Gasteiger partial charge is 0.0692 e. The molecule has 0 saturated carbocycles. The summed E-state index contributed by atoms with van der Waals surface area (Å²) < 4.78 is 0. The van der Waals surface area contributed by atoms with Crippen molar-refractivity contribution in [2.45, 2.75) is 41.5 Å². The fourth-order valence-electron chi connectivity index (χ4n) is 4.83. The highest BCUT2D eigenvalue weighted by molar-refractivity contribution is 8.00. The summed E-state index contributed by atoms with van der Waals surface area (Å²) in [5.41, 5.74) is 14.1. The normalized spacial score (nSPS) is 12.2. The molecule has 37 heavy (non-hydrogen) atoms. The molecule has 0 saturated heterocycles. The van der Waals surface area contributed by atoms with Gasteiger partial charge in [0.1, 0.15) is 0 Å². The number of hydrogen-bond acceptors (Lipinski definition) is 3. The third-order valence-corrected chi connectivity index (χ3v) is 7.41. The van der Waals surface area contributed by atoms with Gasteiger partial charge in [-0.3, -0.25) is 9.98 Å². The Hall–Kier alpha value is -3.43. The first kappa shape index (κ1) is 26.6. The van der Waals surface area contributed by atoms with Gasteiger partial charge in [-0.1, -0.05) is 96.1 Å². The second-order valence-corrected chi connectivity index (χ2v) is 10.8. The number of benzene rings is 4. The quantitative estimate of drug-likeness (QED) is 0.219. The molecule has 0 atom stereocenters. The SMILES string of the molecule is Cc1cc(C)c(N=C(CSCC(=Nc2c(C)cc(C)cc2C)c2ccccc2)c2ccccc2)c(C)c1. The molecule has 188 valence electrons.